The second-order valence-electron chi connectivity index (χ2n) is 4.99. The molecule has 126 valence electrons. The summed E-state index contributed by atoms with van der Waals surface area (Å²) in [5, 5.41) is 8.56. The van der Waals surface area contributed by atoms with E-state index >= 15 is 0 Å². The van der Waals surface area contributed by atoms with Crippen molar-refractivity contribution < 1.29 is 14.4 Å². The van der Waals surface area contributed by atoms with Gasteiger partial charge in [-0.3, -0.25) is 4.79 Å². The molecular weight excluding hydrogens is 358 g/mol. The molecule has 0 heterocycles. The van der Waals surface area contributed by atoms with Crippen LogP contribution in [0.15, 0.2) is 22.7 Å². The summed E-state index contributed by atoms with van der Waals surface area (Å²) >= 11 is 3.27. The number of nitrogens with zero attached hydrogens (tertiary/aromatic N) is 1. The monoisotopic (exact) mass is 381 g/mol. The quantitative estimate of drug-likeness (QED) is 0.721. The molecule has 5 heteroatoms. The fourth-order valence-corrected chi connectivity index (χ4v) is 2.47. The Labute approximate surface area is 147 Å². The molecule has 1 aromatic carbocycles. The number of hydrogen-bond acceptors (Lipinski definition) is 4. The lowest BCUT2D eigenvalue weighted by Crippen LogP contribution is -2.12. The summed E-state index contributed by atoms with van der Waals surface area (Å²) in [7, 11) is 0. The van der Waals surface area contributed by atoms with Gasteiger partial charge >= 0.3 is 0 Å². The number of rotatable bonds is 1. The maximum absolute atomic E-state index is 10.7. The first-order chi connectivity index (χ1) is 11.1. The van der Waals surface area contributed by atoms with Crippen molar-refractivity contribution in [3.8, 4) is 6.07 Å². The molecule has 1 aromatic rings. The van der Waals surface area contributed by atoms with Gasteiger partial charge in [-0.15, -0.1) is 0 Å². The van der Waals surface area contributed by atoms with Crippen LogP contribution in [-0.4, -0.2) is 19.4 Å². The molecule has 1 fully saturated rings. The van der Waals surface area contributed by atoms with E-state index in [1.54, 1.807) is 0 Å². The summed E-state index contributed by atoms with van der Waals surface area (Å²) in [4.78, 5) is 26.7. The molecular formula is C18H24BrNO3. The fraction of sp³-hybridized carbons (Fsp3) is 0.444. The van der Waals surface area contributed by atoms with Gasteiger partial charge in [0.15, 0.2) is 0 Å². The van der Waals surface area contributed by atoms with Crippen LogP contribution in [0.25, 0.3) is 0 Å². The molecule has 0 bridgehead atoms. The topological polar surface area (TPSA) is 75.0 Å². The molecule has 0 atom stereocenters. The second kappa shape index (κ2) is 15.1. The minimum absolute atomic E-state index is 0.472. The highest BCUT2D eigenvalue weighted by atomic mass is 79.9. The van der Waals surface area contributed by atoms with Crippen molar-refractivity contribution in [3.63, 3.8) is 0 Å². The van der Waals surface area contributed by atoms with Gasteiger partial charge in [-0.2, -0.15) is 5.26 Å². The highest BCUT2D eigenvalue weighted by Crippen LogP contribution is 2.23. The number of aryl methyl sites for hydroxylation is 1. The Hall–Kier alpha value is -1.80. The van der Waals surface area contributed by atoms with Gasteiger partial charge in [-0.1, -0.05) is 19.4 Å². The molecule has 1 saturated carbocycles. The van der Waals surface area contributed by atoms with Crippen molar-refractivity contribution in [1.29, 1.82) is 5.26 Å². The molecule has 1 aliphatic rings. The Morgan fingerprint density at radius 3 is 2.13 bits per heavy atom. The van der Waals surface area contributed by atoms with Crippen molar-refractivity contribution in [2.24, 2.45) is 5.92 Å². The standard InChI is InChI=1S/C8H6BrN.C8H14O.2CH2O/c1-6-2-3-8(9)7(4-6)5-10;1-2-7-3-5-8(9)6-4-7;2*1-2/h2-4H,1H3;7H,2-6H2,1H3;2*1H2. The Bertz CT molecular complexity index is 499. The van der Waals surface area contributed by atoms with Crippen LogP contribution in [0.3, 0.4) is 0 Å². The van der Waals surface area contributed by atoms with E-state index in [9.17, 15) is 4.79 Å². The van der Waals surface area contributed by atoms with E-state index in [2.05, 4.69) is 28.9 Å². The third-order valence-electron chi connectivity index (χ3n) is 3.48. The van der Waals surface area contributed by atoms with Gasteiger partial charge in [-0.25, -0.2) is 0 Å². The van der Waals surface area contributed by atoms with Crippen LogP contribution in [0.4, 0.5) is 0 Å². The lowest BCUT2D eigenvalue weighted by atomic mass is 9.87. The molecule has 2 rings (SSSR count). The minimum Gasteiger partial charge on any atom is -0.307 e. The van der Waals surface area contributed by atoms with E-state index in [0.29, 0.717) is 11.3 Å². The normalized spacial score (nSPS) is 13.0. The summed E-state index contributed by atoms with van der Waals surface area (Å²) in [6.07, 6.45) is 5.24. The Kier molecular flexibility index (Phi) is 15.4. The average molecular weight is 382 g/mol. The van der Waals surface area contributed by atoms with Crippen molar-refractivity contribution >= 4 is 35.3 Å². The molecule has 0 saturated heterocycles. The van der Waals surface area contributed by atoms with Gasteiger partial charge in [0.1, 0.15) is 25.4 Å². The molecule has 0 aromatic heterocycles. The number of Topliss-reactive ketones (excluding diaryl/α,β-unsaturated/α-hetero) is 1. The van der Waals surface area contributed by atoms with E-state index in [4.69, 9.17) is 14.9 Å². The summed E-state index contributed by atoms with van der Waals surface area (Å²) in [6.45, 7) is 8.17. The van der Waals surface area contributed by atoms with Gasteiger partial charge in [0.25, 0.3) is 0 Å². The van der Waals surface area contributed by atoms with Crippen LogP contribution in [0, 0.1) is 24.2 Å². The molecule has 0 unspecified atom stereocenters. The SMILES string of the molecule is C=O.C=O.CCC1CCC(=O)CC1.Cc1ccc(Br)c(C#N)c1. The Morgan fingerprint density at radius 2 is 1.74 bits per heavy atom. The predicted octanol–water partition coefficient (Wildman–Crippen LogP) is 4.42. The number of halogens is 1. The number of nitriles is 1. The largest absolute Gasteiger partial charge is 0.307 e. The van der Waals surface area contributed by atoms with Gasteiger partial charge in [0.2, 0.25) is 0 Å². The van der Waals surface area contributed by atoms with Gasteiger partial charge in [-0.05, 0) is 59.3 Å². The van der Waals surface area contributed by atoms with Crippen molar-refractivity contribution in [2.75, 3.05) is 0 Å². The van der Waals surface area contributed by atoms with Gasteiger partial charge in [0.05, 0.1) is 5.56 Å². The summed E-state index contributed by atoms with van der Waals surface area (Å²) < 4.78 is 0.862. The highest BCUT2D eigenvalue weighted by molar-refractivity contribution is 9.10. The van der Waals surface area contributed by atoms with Crippen LogP contribution in [0.5, 0.6) is 0 Å². The first kappa shape index (κ1) is 23.5. The number of benzene rings is 1. The van der Waals surface area contributed by atoms with E-state index in [0.717, 1.165) is 41.6 Å². The second-order valence-corrected chi connectivity index (χ2v) is 5.84. The van der Waals surface area contributed by atoms with E-state index in [1.807, 2.05) is 38.7 Å². The van der Waals surface area contributed by atoms with Gasteiger partial charge < -0.3 is 9.59 Å². The Morgan fingerprint density at radius 1 is 1.22 bits per heavy atom. The third-order valence-corrected chi connectivity index (χ3v) is 4.17. The molecule has 0 radical (unpaired) electrons. The van der Waals surface area contributed by atoms with Gasteiger partial charge in [0, 0.05) is 17.3 Å². The lowest BCUT2D eigenvalue weighted by molar-refractivity contribution is -0.121. The molecule has 0 amide bonds. The zero-order valence-electron chi connectivity index (χ0n) is 13.8. The predicted molar refractivity (Wildman–Crippen MR) is 95.1 cm³/mol. The van der Waals surface area contributed by atoms with Crippen molar-refractivity contribution in [2.45, 2.75) is 46.0 Å². The number of carbonyl (C=O) groups excluding carboxylic acids is 3. The summed E-state index contributed by atoms with van der Waals surface area (Å²) in [5.74, 6) is 1.32. The number of hydrogen-bond donors (Lipinski definition) is 0. The molecule has 4 nitrogen and oxygen atoms in total. The molecule has 23 heavy (non-hydrogen) atoms. The lowest BCUT2D eigenvalue weighted by Gasteiger charge is -2.18. The highest BCUT2D eigenvalue weighted by Gasteiger charge is 2.16. The van der Waals surface area contributed by atoms with E-state index in [-0.39, 0.29) is 0 Å². The van der Waals surface area contributed by atoms with E-state index < -0.39 is 0 Å². The summed E-state index contributed by atoms with van der Waals surface area (Å²) in [6, 6.07) is 7.79. The number of ketones is 1. The maximum atomic E-state index is 10.7. The van der Waals surface area contributed by atoms with Crippen LogP contribution in [0.1, 0.15) is 50.2 Å². The van der Waals surface area contributed by atoms with Crippen LogP contribution >= 0.6 is 15.9 Å². The van der Waals surface area contributed by atoms with Crippen LogP contribution in [0.2, 0.25) is 0 Å². The molecule has 0 aliphatic heterocycles. The molecule has 1 aliphatic carbocycles. The molecule has 0 spiro atoms. The first-order valence-electron chi connectivity index (χ1n) is 7.32. The zero-order valence-corrected chi connectivity index (χ0v) is 15.4. The minimum atomic E-state index is 0.472. The third kappa shape index (κ3) is 10.5. The van der Waals surface area contributed by atoms with E-state index in [1.165, 1.54) is 6.42 Å². The smallest absolute Gasteiger partial charge is 0.132 e. The van der Waals surface area contributed by atoms with Crippen molar-refractivity contribution in [1.82, 2.24) is 0 Å². The van der Waals surface area contributed by atoms with Crippen molar-refractivity contribution in [3.05, 3.63) is 33.8 Å². The first-order valence-corrected chi connectivity index (χ1v) is 8.11. The van der Waals surface area contributed by atoms with Crippen LogP contribution in [-0.2, 0) is 14.4 Å². The number of carbonyl (C=O) groups is 3. The average Bonchev–Trinajstić information content (AvgIpc) is 2.62. The fourth-order valence-electron chi connectivity index (χ4n) is 2.13. The molecule has 0 N–H and O–H groups in total. The zero-order chi connectivity index (χ0) is 18.3. The summed E-state index contributed by atoms with van der Waals surface area (Å²) in [5.41, 5.74) is 1.81. The Balaban J connectivity index is 0. The van der Waals surface area contributed by atoms with Crippen LogP contribution < -0.4 is 0 Å². The maximum Gasteiger partial charge on any atom is 0.132 e.